The van der Waals surface area contributed by atoms with Gasteiger partial charge < -0.3 is 20.3 Å². The van der Waals surface area contributed by atoms with Gasteiger partial charge in [0.05, 0.1) is 29.7 Å². The first kappa shape index (κ1) is 19.9. The molecule has 30 heavy (non-hydrogen) atoms. The molecular formula is C22H23FN4O3. The quantitative estimate of drug-likeness (QED) is 0.755. The average molecular weight is 410 g/mol. The van der Waals surface area contributed by atoms with Gasteiger partial charge in [-0.15, -0.1) is 0 Å². The van der Waals surface area contributed by atoms with E-state index < -0.39 is 5.97 Å². The summed E-state index contributed by atoms with van der Waals surface area (Å²) in [5, 5.41) is 5.92. The number of amides is 1. The van der Waals surface area contributed by atoms with E-state index in [2.05, 4.69) is 15.5 Å². The summed E-state index contributed by atoms with van der Waals surface area (Å²) in [5.41, 5.74) is 2.26. The zero-order valence-electron chi connectivity index (χ0n) is 16.7. The highest BCUT2D eigenvalue weighted by molar-refractivity contribution is 6.13. The Morgan fingerprint density at radius 3 is 2.30 bits per heavy atom. The van der Waals surface area contributed by atoms with Crippen molar-refractivity contribution in [3.63, 3.8) is 0 Å². The van der Waals surface area contributed by atoms with Crippen molar-refractivity contribution in [2.75, 3.05) is 55.4 Å². The fourth-order valence-corrected chi connectivity index (χ4v) is 3.73. The van der Waals surface area contributed by atoms with Gasteiger partial charge in [-0.1, -0.05) is 24.3 Å². The fraction of sp³-hybridized carbons (Fsp3) is 0.273. The summed E-state index contributed by atoms with van der Waals surface area (Å²) in [6.45, 7) is 2.79. The zero-order valence-corrected chi connectivity index (χ0v) is 16.7. The minimum atomic E-state index is -0.596. The molecule has 2 heterocycles. The number of piperazine rings is 1. The molecule has 0 radical (unpaired) electrons. The van der Waals surface area contributed by atoms with Crippen LogP contribution in [0, 0.1) is 5.82 Å². The summed E-state index contributed by atoms with van der Waals surface area (Å²) in [7, 11) is 1.29. The summed E-state index contributed by atoms with van der Waals surface area (Å²) in [6.07, 6.45) is 0. The fourth-order valence-electron chi connectivity index (χ4n) is 3.73. The lowest BCUT2D eigenvalue weighted by Crippen LogP contribution is -2.48. The molecule has 2 aromatic carbocycles. The topological polar surface area (TPSA) is 73.9 Å². The maximum Gasteiger partial charge on any atom is 0.355 e. The molecule has 0 unspecified atom stereocenters. The van der Waals surface area contributed by atoms with Crippen molar-refractivity contribution < 1.29 is 18.7 Å². The summed E-state index contributed by atoms with van der Waals surface area (Å²) in [5.74, 6) is -1.18. The Balaban J connectivity index is 1.52. The summed E-state index contributed by atoms with van der Waals surface area (Å²) < 4.78 is 19.0. The first-order valence-corrected chi connectivity index (χ1v) is 9.77. The number of carbonyl (C=O) groups excluding carboxylic acids is 2. The first-order valence-electron chi connectivity index (χ1n) is 9.77. The molecule has 0 bridgehead atoms. The van der Waals surface area contributed by atoms with Crippen LogP contribution < -0.4 is 15.5 Å². The molecule has 156 valence electrons. The molecule has 0 atom stereocenters. The van der Waals surface area contributed by atoms with E-state index in [0.717, 1.165) is 0 Å². The highest BCUT2D eigenvalue weighted by Crippen LogP contribution is 2.28. The van der Waals surface area contributed by atoms with Crippen LogP contribution in [-0.2, 0) is 14.3 Å². The smallest absolute Gasteiger partial charge is 0.355 e. The normalized spacial score (nSPS) is 17.0. The van der Waals surface area contributed by atoms with Crippen molar-refractivity contribution >= 4 is 28.9 Å². The third kappa shape index (κ3) is 3.99. The van der Waals surface area contributed by atoms with Crippen LogP contribution in [-0.4, -0.2) is 56.6 Å². The van der Waals surface area contributed by atoms with Crippen molar-refractivity contribution in [2.24, 2.45) is 0 Å². The van der Waals surface area contributed by atoms with Crippen LogP contribution in [0.25, 0.3) is 0 Å². The standard InChI is InChI=1S/C22H23FN4O3/c1-30-22(29)20-15(21(28)25-18-8-4-3-7-17(18)24-20)14-26-10-12-27(13-11-26)19-9-5-2-6-16(19)23/h2-9,24H,10-14H2,1H3,(H,25,28). The summed E-state index contributed by atoms with van der Waals surface area (Å²) in [6, 6.07) is 13.9. The molecule has 2 aliphatic heterocycles. The third-order valence-corrected chi connectivity index (χ3v) is 5.35. The Bertz CT molecular complexity index is 999. The molecule has 0 aromatic heterocycles. The van der Waals surface area contributed by atoms with E-state index in [0.29, 0.717) is 48.8 Å². The molecule has 2 aromatic rings. The van der Waals surface area contributed by atoms with Gasteiger partial charge in [-0.2, -0.15) is 0 Å². The lowest BCUT2D eigenvalue weighted by molar-refractivity contribution is -0.136. The SMILES string of the molecule is COC(=O)C1=C(CN2CCN(c3ccccc3F)CC2)C(=O)Nc2ccccc2N1. The molecule has 0 aliphatic carbocycles. The maximum atomic E-state index is 14.1. The Labute approximate surface area is 174 Å². The van der Waals surface area contributed by atoms with E-state index in [9.17, 15) is 14.0 Å². The second kappa shape index (κ2) is 8.54. The Morgan fingerprint density at radius 1 is 1.00 bits per heavy atom. The monoisotopic (exact) mass is 410 g/mol. The van der Waals surface area contributed by atoms with E-state index in [4.69, 9.17) is 4.74 Å². The highest BCUT2D eigenvalue weighted by atomic mass is 19.1. The largest absolute Gasteiger partial charge is 0.464 e. The van der Waals surface area contributed by atoms with E-state index in [1.165, 1.54) is 13.2 Å². The minimum absolute atomic E-state index is 0.136. The number of ether oxygens (including phenoxy) is 1. The van der Waals surface area contributed by atoms with Gasteiger partial charge >= 0.3 is 5.97 Å². The van der Waals surface area contributed by atoms with Gasteiger partial charge in [0.25, 0.3) is 5.91 Å². The van der Waals surface area contributed by atoms with Gasteiger partial charge in [0.2, 0.25) is 0 Å². The van der Waals surface area contributed by atoms with Crippen LogP contribution in [0.2, 0.25) is 0 Å². The molecule has 7 nitrogen and oxygen atoms in total. The number of rotatable bonds is 4. The third-order valence-electron chi connectivity index (χ3n) is 5.35. The van der Waals surface area contributed by atoms with Crippen molar-refractivity contribution in [1.29, 1.82) is 0 Å². The molecule has 2 aliphatic rings. The number of nitrogens with one attached hydrogen (secondary N) is 2. The molecule has 8 heteroatoms. The molecule has 1 saturated heterocycles. The van der Waals surface area contributed by atoms with Crippen LogP contribution in [0.15, 0.2) is 59.8 Å². The second-order valence-electron chi connectivity index (χ2n) is 7.18. The van der Waals surface area contributed by atoms with Gasteiger partial charge in [-0.25, -0.2) is 9.18 Å². The summed E-state index contributed by atoms with van der Waals surface area (Å²) in [4.78, 5) is 29.4. The molecule has 0 spiro atoms. The van der Waals surface area contributed by atoms with Gasteiger partial charge in [-0.3, -0.25) is 9.69 Å². The number of carbonyl (C=O) groups is 2. The lowest BCUT2D eigenvalue weighted by Gasteiger charge is -2.36. The van der Waals surface area contributed by atoms with Crippen LogP contribution in [0.4, 0.5) is 21.5 Å². The van der Waals surface area contributed by atoms with Crippen molar-refractivity contribution in [3.8, 4) is 0 Å². The number of para-hydroxylation sites is 3. The number of hydrogen-bond donors (Lipinski definition) is 2. The highest BCUT2D eigenvalue weighted by Gasteiger charge is 2.29. The van der Waals surface area contributed by atoms with E-state index >= 15 is 0 Å². The lowest BCUT2D eigenvalue weighted by atomic mass is 10.1. The second-order valence-corrected chi connectivity index (χ2v) is 7.18. The van der Waals surface area contributed by atoms with Crippen LogP contribution in [0.5, 0.6) is 0 Å². The minimum Gasteiger partial charge on any atom is -0.464 e. The van der Waals surface area contributed by atoms with Gasteiger partial charge in [0, 0.05) is 32.7 Å². The van der Waals surface area contributed by atoms with E-state index in [1.54, 1.807) is 24.3 Å². The number of halogens is 1. The van der Waals surface area contributed by atoms with Crippen molar-refractivity contribution in [2.45, 2.75) is 0 Å². The number of anilines is 3. The van der Waals surface area contributed by atoms with Gasteiger partial charge in [0.1, 0.15) is 11.5 Å². The molecule has 1 amide bonds. The molecule has 4 rings (SSSR count). The predicted molar refractivity (Wildman–Crippen MR) is 113 cm³/mol. The van der Waals surface area contributed by atoms with Crippen molar-refractivity contribution in [3.05, 3.63) is 65.6 Å². The number of fused-ring (bicyclic) bond motifs is 1. The number of benzene rings is 2. The van der Waals surface area contributed by atoms with Crippen molar-refractivity contribution in [1.82, 2.24) is 4.90 Å². The molecular weight excluding hydrogens is 387 g/mol. The van der Waals surface area contributed by atoms with Crippen LogP contribution >= 0.6 is 0 Å². The average Bonchev–Trinajstić information content (AvgIpc) is 2.90. The van der Waals surface area contributed by atoms with Crippen LogP contribution in [0.1, 0.15) is 0 Å². The number of methoxy groups -OCH3 is 1. The Hall–Kier alpha value is -3.39. The van der Waals surface area contributed by atoms with E-state index in [-0.39, 0.29) is 24.0 Å². The molecule has 1 fully saturated rings. The first-order chi connectivity index (χ1) is 14.6. The van der Waals surface area contributed by atoms with Gasteiger partial charge in [0.15, 0.2) is 0 Å². The Morgan fingerprint density at radius 2 is 1.63 bits per heavy atom. The number of hydrogen-bond acceptors (Lipinski definition) is 6. The van der Waals surface area contributed by atoms with E-state index in [1.807, 2.05) is 23.1 Å². The zero-order chi connectivity index (χ0) is 21.1. The predicted octanol–water partition coefficient (Wildman–Crippen LogP) is 2.44. The Kier molecular flexibility index (Phi) is 5.67. The van der Waals surface area contributed by atoms with Crippen LogP contribution in [0.3, 0.4) is 0 Å². The summed E-state index contributed by atoms with van der Waals surface area (Å²) >= 11 is 0. The number of nitrogens with zero attached hydrogens (tertiary/aromatic N) is 2. The maximum absolute atomic E-state index is 14.1. The van der Waals surface area contributed by atoms with Gasteiger partial charge in [-0.05, 0) is 24.3 Å². The number of esters is 1. The molecule has 2 N–H and O–H groups in total. The molecule has 0 saturated carbocycles.